The Labute approximate surface area is 93.5 Å². The lowest BCUT2D eigenvalue weighted by Gasteiger charge is -2.05. The molecule has 4 nitrogen and oxygen atoms in total. The number of carbonyl (C=O) groups is 1. The van der Waals surface area contributed by atoms with Crippen LogP contribution >= 0.6 is 0 Å². The zero-order valence-corrected chi connectivity index (χ0v) is 9.55. The van der Waals surface area contributed by atoms with Crippen molar-refractivity contribution in [3.63, 3.8) is 0 Å². The number of hydrogen-bond donors (Lipinski definition) is 1. The number of sulfonamides is 1. The van der Waals surface area contributed by atoms with Gasteiger partial charge in [0.1, 0.15) is 5.82 Å². The van der Waals surface area contributed by atoms with E-state index >= 15 is 0 Å². The van der Waals surface area contributed by atoms with Crippen LogP contribution in [0.5, 0.6) is 0 Å². The van der Waals surface area contributed by atoms with Crippen LogP contribution in [0.25, 0.3) is 0 Å². The quantitative estimate of drug-likeness (QED) is 0.869. The molecule has 0 radical (unpaired) electrons. The van der Waals surface area contributed by atoms with Gasteiger partial charge in [-0.2, -0.15) is 0 Å². The predicted octanol–water partition coefficient (Wildman–Crippen LogP) is 1.30. The van der Waals surface area contributed by atoms with E-state index in [1.165, 1.54) is 18.2 Å². The predicted molar refractivity (Wildman–Crippen MR) is 57.9 cm³/mol. The van der Waals surface area contributed by atoms with Crippen LogP contribution in [0.15, 0.2) is 24.3 Å². The number of halogens is 1. The largest absolute Gasteiger partial charge is 0.268 e. The van der Waals surface area contributed by atoms with Gasteiger partial charge in [0.25, 0.3) is 5.91 Å². The van der Waals surface area contributed by atoms with Gasteiger partial charge in [-0.15, -0.1) is 0 Å². The van der Waals surface area contributed by atoms with E-state index in [4.69, 9.17) is 0 Å². The Morgan fingerprint density at radius 1 is 1.44 bits per heavy atom. The highest BCUT2D eigenvalue weighted by Crippen LogP contribution is 2.04. The van der Waals surface area contributed by atoms with Crippen LogP contribution in [-0.2, 0) is 10.0 Å². The summed E-state index contributed by atoms with van der Waals surface area (Å²) < 4.78 is 37.2. The molecule has 16 heavy (non-hydrogen) atoms. The zero-order valence-electron chi connectivity index (χ0n) is 8.73. The Hall–Kier alpha value is -1.43. The van der Waals surface area contributed by atoms with Crippen LogP contribution in [0.3, 0.4) is 0 Å². The molecule has 0 bridgehead atoms. The van der Waals surface area contributed by atoms with E-state index in [1.54, 1.807) is 6.92 Å². The molecule has 1 aromatic rings. The minimum absolute atomic E-state index is 0.0142. The second-order valence-corrected chi connectivity index (χ2v) is 5.10. The SMILES string of the molecule is CCCS(=O)(=O)NC(=O)c1cccc(F)c1. The normalized spacial score (nSPS) is 11.1. The van der Waals surface area contributed by atoms with Crippen LogP contribution in [0, 0.1) is 5.82 Å². The fourth-order valence-electron chi connectivity index (χ4n) is 1.15. The summed E-state index contributed by atoms with van der Waals surface area (Å²) in [4.78, 5) is 11.4. The lowest BCUT2D eigenvalue weighted by atomic mass is 10.2. The smallest absolute Gasteiger partial charge is 0.264 e. The summed E-state index contributed by atoms with van der Waals surface area (Å²) in [5, 5.41) is 0. The van der Waals surface area contributed by atoms with E-state index in [-0.39, 0.29) is 11.3 Å². The standard InChI is InChI=1S/C10H12FNO3S/c1-2-6-16(14,15)12-10(13)8-4-3-5-9(11)7-8/h3-5,7H,2,6H2,1H3,(H,12,13). The van der Waals surface area contributed by atoms with E-state index in [1.807, 2.05) is 4.72 Å². The summed E-state index contributed by atoms with van der Waals surface area (Å²) in [6, 6.07) is 4.85. The molecular weight excluding hydrogens is 233 g/mol. The number of benzene rings is 1. The van der Waals surface area contributed by atoms with E-state index in [9.17, 15) is 17.6 Å². The number of nitrogens with one attached hydrogen (secondary N) is 1. The van der Waals surface area contributed by atoms with E-state index in [2.05, 4.69) is 0 Å². The van der Waals surface area contributed by atoms with Gasteiger partial charge in [0.2, 0.25) is 10.0 Å². The summed E-state index contributed by atoms with van der Waals surface area (Å²) in [5.41, 5.74) is -0.0142. The second kappa shape index (κ2) is 5.07. The maximum atomic E-state index is 12.8. The van der Waals surface area contributed by atoms with Gasteiger partial charge in [0.15, 0.2) is 0 Å². The van der Waals surface area contributed by atoms with E-state index < -0.39 is 21.7 Å². The maximum absolute atomic E-state index is 12.8. The first-order valence-corrected chi connectivity index (χ1v) is 6.40. The number of rotatable bonds is 4. The molecule has 1 aromatic carbocycles. The Morgan fingerprint density at radius 3 is 2.69 bits per heavy atom. The topological polar surface area (TPSA) is 63.2 Å². The average molecular weight is 245 g/mol. The number of hydrogen-bond acceptors (Lipinski definition) is 3. The van der Waals surface area contributed by atoms with E-state index in [0.29, 0.717) is 6.42 Å². The van der Waals surface area contributed by atoms with Gasteiger partial charge in [-0.1, -0.05) is 13.0 Å². The first kappa shape index (κ1) is 12.6. The van der Waals surface area contributed by atoms with Crippen molar-refractivity contribution in [2.45, 2.75) is 13.3 Å². The van der Waals surface area contributed by atoms with Gasteiger partial charge >= 0.3 is 0 Å². The van der Waals surface area contributed by atoms with Gasteiger partial charge in [0, 0.05) is 5.56 Å². The molecule has 1 N–H and O–H groups in total. The second-order valence-electron chi connectivity index (χ2n) is 3.26. The molecule has 0 aliphatic carbocycles. The average Bonchev–Trinajstić information content (AvgIpc) is 2.16. The summed E-state index contributed by atoms with van der Waals surface area (Å²) in [7, 11) is -3.61. The molecular formula is C10H12FNO3S. The summed E-state index contributed by atoms with van der Waals surface area (Å²) >= 11 is 0. The molecule has 88 valence electrons. The van der Waals surface area contributed by atoms with Gasteiger partial charge in [-0.3, -0.25) is 4.79 Å². The van der Waals surface area contributed by atoms with Gasteiger partial charge in [0.05, 0.1) is 5.75 Å². The molecule has 0 aromatic heterocycles. The minimum atomic E-state index is -3.61. The summed E-state index contributed by atoms with van der Waals surface area (Å²) in [5.74, 6) is -1.53. The van der Waals surface area contributed by atoms with Crippen molar-refractivity contribution < 1.29 is 17.6 Å². The van der Waals surface area contributed by atoms with Gasteiger partial charge in [-0.25, -0.2) is 17.5 Å². The van der Waals surface area contributed by atoms with Crippen molar-refractivity contribution in [3.05, 3.63) is 35.6 Å². The Morgan fingerprint density at radius 2 is 2.12 bits per heavy atom. The lowest BCUT2D eigenvalue weighted by molar-refractivity contribution is 0.0981. The molecule has 0 unspecified atom stereocenters. The van der Waals surface area contributed by atoms with Crippen molar-refractivity contribution in [2.24, 2.45) is 0 Å². The number of amides is 1. The molecule has 0 saturated heterocycles. The summed E-state index contributed by atoms with van der Waals surface area (Å²) in [6.07, 6.45) is 0.408. The maximum Gasteiger partial charge on any atom is 0.264 e. The first-order valence-electron chi connectivity index (χ1n) is 4.75. The first-order chi connectivity index (χ1) is 7.44. The molecule has 0 aliphatic rings. The highest BCUT2D eigenvalue weighted by molar-refractivity contribution is 7.90. The molecule has 0 spiro atoms. The molecule has 0 aliphatic heterocycles. The molecule has 1 rings (SSSR count). The Bertz CT molecular complexity index is 485. The van der Waals surface area contributed by atoms with Crippen molar-refractivity contribution in [1.29, 1.82) is 0 Å². The van der Waals surface area contributed by atoms with Gasteiger partial charge < -0.3 is 0 Å². The third-order valence-electron chi connectivity index (χ3n) is 1.81. The molecule has 0 fully saturated rings. The Balaban J connectivity index is 2.81. The third kappa shape index (κ3) is 3.62. The monoisotopic (exact) mass is 245 g/mol. The Kier molecular flexibility index (Phi) is 4.00. The molecule has 6 heteroatoms. The molecule has 0 heterocycles. The highest BCUT2D eigenvalue weighted by atomic mass is 32.2. The lowest BCUT2D eigenvalue weighted by Crippen LogP contribution is -2.32. The van der Waals surface area contributed by atoms with Crippen molar-refractivity contribution in [2.75, 3.05) is 5.75 Å². The van der Waals surface area contributed by atoms with E-state index in [0.717, 1.165) is 6.07 Å². The van der Waals surface area contributed by atoms with Crippen LogP contribution < -0.4 is 4.72 Å². The fraction of sp³-hybridized carbons (Fsp3) is 0.300. The van der Waals surface area contributed by atoms with Crippen molar-refractivity contribution >= 4 is 15.9 Å². The molecule has 1 amide bonds. The van der Waals surface area contributed by atoms with Crippen LogP contribution in [0.2, 0.25) is 0 Å². The van der Waals surface area contributed by atoms with Crippen molar-refractivity contribution in [3.8, 4) is 0 Å². The highest BCUT2D eigenvalue weighted by Gasteiger charge is 2.15. The molecule has 0 saturated carbocycles. The van der Waals surface area contributed by atoms with Crippen molar-refractivity contribution in [1.82, 2.24) is 4.72 Å². The van der Waals surface area contributed by atoms with Crippen LogP contribution in [0.1, 0.15) is 23.7 Å². The fourth-order valence-corrected chi connectivity index (χ4v) is 2.19. The molecule has 0 atom stereocenters. The third-order valence-corrected chi connectivity index (χ3v) is 3.25. The van der Waals surface area contributed by atoms with Crippen LogP contribution in [-0.4, -0.2) is 20.1 Å². The van der Waals surface area contributed by atoms with Gasteiger partial charge in [-0.05, 0) is 24.6 Å². The minimum Gasteiger partial charge on any atom is -0.268 e. The summed E-state index contributed by atoms with van der Waals surface area (Å²) in [6.45, 7) is 1.69. The zero-order chi connectivity index (χ0) is 12.2. The number of carbonyl (C=O) groups excluding carboxylic acids is 1. The van der Waals surface area contributed by atoms with Crippen LogP contribution in [0.4, 0.5) is 4.39 Å².